The van der Waals surface area contributed by atoms with E-state index in [9.17, 15) is 15.2 Å². The molecule has 0 atom stereocenters. The van der Waals surface area contributed by atoms with E-state index in [-0.39, 0.29) is 17.1 Å². The molecule has 0 saturated carbocycles. The number of para-hydroxylation sites is 1. The number of nitrogens with one attached hydrogen (secondary N) is 1. The summed E-state index contributed by atoms with van der Waals surface area (Å²) in [6.45, 7) is 10.2. The summed E-state index contributed by atoms with van der Waals surface area (Å²) >= 11 is 0. The lowest BCUT2D eigenvalue weighted by atomic mass is 9.73. The van der Waals surface area contributed by atoms with Gasteiger partial charge in [0.1, 0.15) is 5.76 Å². The number of hydrogen-bond acceptors (Lipinski definition) is 3. The predicted octanol–water partition coefficient (Wildman–Crippen LogP) is 5.66. The normalized spacial score (nSPS) is 15.4. The fourth-order valence-electron chi connectivity index (χ4n) is 3.98. The van der Waals surface area contributed by atoms with Crippen LogP contribution in [0.3, 0.4) is 0 Å². The molecule has 2 aromatic carbocycles. The summed E-state index contributed by atoms with van der Waals surface area (Å²) in [7, 11) is 0. The number of H-pyrrole nitrogens is 1. The van der Waals surface area contributed by atoms with E-state index in [2.05, 4.69) is 17.6 Å². The van der Waals surface area contributed by atoms with Gasteiger partial charge in [-0.1, -0.05) is 44.7 Å². The standard InChI is InChI=1S/C26H22N2O2/c1-15-9-10-17(13-27)12-21(15)26(3,4)16(2)11-19-24(29)23(25(19)30)20-14-28-22-8-6-5-7-18(20)22/h5-12,14,28-29H,2H2,1,3-4H3/b19-11-. The van der Waals surface area contributed by atoms with Gasteiger partial charge < -0.3 is 10.1 Å². The number of carbonyl (C=O) groups is 1. The molecule has 0 aliphatic heterocycles. The van der Waals surface area contributed by atoms with Gasteiger partial charge in [-0.15, -0.1) is 0 Å². The van der Waals surface area contributed by atoms with Gasteiger partial charge in [-0.3, -0.25) is 4.79 Å². The molecule has 148 valence electrons. The maximum atomic E-state index is 12.9. The van der Waals surface area contributed by atoms with Crippen molar-refractivity contribution in [3.05, 3.63) is 100 Å². The van der Waals surface area contributed by atoms with Crippen LogP contribution in [-0.2, 0) is 10.2 Å². The molecular formula is C26H22N2O2. The average molecular weight is 394 g/mol. The third kappa shape index (κ3) is 2.87. The SMILES string of the molecule is C=C(/C=C1\C(=O)C(c2c[nH]c3ccccc23)=C1O)C(C)(C)c1cc(C#N)ccc1C. The molecule has 0 amide bonds. The summed E-state index contributed by atoms with van der Waals surface area (Å²) in [5.74, 6) is -0.207. The lowest BCUT2D eigenvalue weighted by Crippen LogP contribution is -2.25. The van der Waals surface area contributed by atoms with Gasteiger partial charge in [0.25, 0.3) is 0 Å². The highest BCUT2D eigenvalue weighted by molar-refractivity contribution is 6.40. The molecule has 30 heavy (non-hydrogen) atoms. The van der Waals surface area contributed by atoms with E-state index in [0.717, 1.165) is 22.0 Å². The Morgan fingerprint density at radius 1 is 1.23 bits per heavy atom. The quantitative estimate of drug-likeness (QED) is 0.561. The fourth-order valence-corrected chi connectivity index (χ4v) is 3.98. The topological polar surface area (TPSA) is 76.9 Å². The number of allylic oxidation sites excluding steroid dienone is 4. The lowest BCUT2D eigenvalue weighted by Gasteiger charge is -2.30. The number of rotatable bonds is 4. The maximum Gasteiger partial charge on any atom is 0.201 e. The third-order valence-corrected chi connectivity index (χ3v) is 5.98. The number of nitriles is 1. The highest BCUT2D eigenvalue weighted by Gasteiger charge is 2.37. The van der Waals surface area contributed by atoms with E-state index in [1.54, 1.807) is 18.3 Å². The van der Waals surface area contributed by atoms with Crippen molar-refractivity contribution in [3.63, 3.8) is 0 Å². The number of Topliss-reactive ketones (excluding diaryl/α,β-unsaturated/α-hetero) is 1. The molecule has 0 fully saturated rings. The first-order chi connectivity index (χ1) is 14.3. The van der Waals surface area contributed by atoms with Gasteiger partial charge in [-0.2, -0.15) is 5.26 Å². The van der Waals surface area contributed by atoms with Crippen molar-refractivity contribution in [1.29, 1.82) is 5.26 Å². The van der Waals surface area contributed by atoms with E-state index in [0.29, 0.717) is 22.3 Å². The number of aliphatic hydroxyl groups is 1. The Bertz CT molecular complexity index is 1330. The van der Waals surface area contributed by atoms with E-state index in [4.69, 9.17) is 0 Å². The van der Waals surface area contributed by atoms with Crippen LogP contribution in [0.25, 0.3) is 16.5 Å². The van der Waals surface area contributed by atoms with E-state index >= 15 is 0 Å². The third-order valence-electron chi connectivity index (χ3n) is 5.98. The van der Waals surface area contributed by atoms with Crippen LogP contribution in [0.5, 0.6) is 0 Å². The first-order valence-electron chi connectivity index (χ1n) is 9.72. The first kappa shape index (κ1) is 19.5. The van der Waals surface area contributed by atoms with Crippen molar-refractivity contribution in [2.75, 3.05) is 0 Å². The minimum Gasteiger partial charge on any atom is -0.506 e. The number of aromatic amines is 1. The molecule has 1 aliphatic rings. The monoisotopic (exact) mass is 394 g/mol. The zero-order valence-corrected chi connectivity index (χ0v) is 17.2. The van der Waals surface area contributed by atoms with Crippen LogP contribution in [0, 0.1) is 18.3 Å². The van der Waals surface area contributed by atoms with Crippen molar-refractivity contribution in [1.82, 2.24) is 4.98 Å². The van der Waals surface area contributed by atoms with Crippen molar-refractivity contribution >= 4 is 22.3 Å². The van der Waals surface area contributed by atoms with Gasteiger partial charge in [0.05, 0.1) is 22.8 Å². The Morgan fingerprint density at radius 3 is 2.67 bits per heavy atom. The second-order valence-corrected chi connectivity index (χ2v) is 8.15. The number of aryl methyl sites for hydroxylation is 1. The van der Waals surface area contributed by atoms with E-state index < -0.39 is 5.41 Å². The van der Waals surface area contributed by atoms with Crippen LogP contribution in [-0.4, -0.2) is 15.9 Å². The number of hydrogen-bond donors (Lipinski definition) is 2. The molecule has 0 unspecified atom stereocenters. The van der Waals surface area contributed by atoms with Crippen molar-refractivity contribution < 1.29 is 9.90 Å². The molecule has 1 heterocycles. The molecule has 1 aromatic heterocycles. The summed E-state index contributed by atoms with van der Waals surface area (Å²) in [5.41, 5.74) is 4.97. The Labute approximate surface area is 175 Å². The van der Waals surface area contributed by atoms with Crippen LogP contribution in [0.1, 0.15) is 36.1 Å². The lowest BCUT2D eigenvalue weighted by molar-refractivity contribution is -0.111. The highest BCUT2D eigenvalue weighted by atomic mass is 16.3. The largest absolute Gasteiger partial charge is 0.506 e. The smallest absolute Gasteiger partial charge is 0.201 e. The minimum absolute atomic E-state index is 0.01000. The number of ketones is 1. The minimum atomic E-state index is -0.513. The van der Waals surface area contributed by atoms with Gasteiger partial charge in [0.15, 0.2) is 0 Å². The van der Waals surface area contributed by atoms with E-state index in [1.165, 1.54) is 0 Å². The summed E-state index contributed by atoms with van der Waals surface area (Å²) in [5, 5.41) is 20.8. The summed E-state index contributed by atoms with van der Waals surface area (Å²) in [4.78, 5) is 16.0. The molecule has 4 rings (SSSR count). The zero-order chi connectivity index (χ0) is 21.6. The van der Waals surface area contributed by atoms with Crippen LogP contribution in [0.2, 0.25) is 0 Å². The molecule has 2 N–H and O–H groups in total. The fraction of sp³-hybridized carbons (Fsp3) is 0.154. The van der Waals surface area contributed by atoms with Crippen molar-refractivity contribution in [2.45, 2.75) is 26.2 Å². The Morgan fingerprint density at radius 2 is 1.97 bits per heavy atom. The van der Waals surface area contributed by atoms with Gasteiger partial charge in [0, 0.05) is 28.1 Å². The van der Waals surface area contributed by atoms with Crippen molar-refractivity contribution in [3.8, 4) is 6.07 Å². The van der Waals surface area contributed by atoms with Crippen LogP contribution in [0.15, 0.2) is 78.2 Å². The second-order valence-electron chi connectivity index (χ2n) is 8.15. The first-order valence-corrected chi connectivity index (χ1v) is 9.72. The Balaban J connectivity index is 1.72. The molecule has 0 radical (unpaired) electrons. The van der Waals surface area contributed by atoms with Crippen LogP contribution in [0.4, 0.5) is 0 Å². The molecule has 3 aromatic rings. The maximum absolute atomic E-state index is 12.9. The summed E-state index contributed by atoms with van der Waals surface area (Å²) in [6, 6.07) is 15.4. The predicted molar refractivity (Wildman–Crippen MR) is 119 cm³/mol. The molecule has 4 heteroatoms. The van der Waals surface area contributed by atoms with Crippen LogP contribution < -0.4 is 0 Å². The molecule has 1 aliphatic carbocycles. The number of fused-ring (bicyclic) bond motifs is 1. The van der Waals surface area contributed by atoms with Crippen molar-refractivity contribution in [2.24, 2.45) is 0 Å². The Hall–Kier alpha value is -3.84. The molecular weight excluding hydrogens is 372 g/mol. The summed E-state index contributed by atoms with van der Waals surface area (Å²) < 4.78 is 0. The zero-order valence-electron chi connectivity index (χ0n) is 17.2. The second kappa shape index (κ2) is 6.89. The van der Waals surface area contributed by atoms with Gasteiger partial charge in [0.2, 0.25) is 5.78 Å². The number of carbonyl (C=O) groups excluding carboxylic acids is 1. The highest BCUT2D eigenvalue weighted by Crippen LogP contribution is 2.41. The van der Waals surface area contributed by atoms with Gasteiger partial charge >= 0.3 is 0 Å². The number of nitrogens with zero attached hydrogens (tertiary/aromatic N) is 1. The number of aliphatic hydroxyl groups excluding tert-OH is 1. The van der Waals surface area contributed by atoms with E-state index in [1.807, 2.05) is 57.2 Å². The Kier molecular flexibility index (Phi) is 4.47. The number of benzene rings is 2. The molecule has 0 bridgehead atoms. The van der Waals surface area contributed by atoms with Gasteiger partial charge in [-0.25, -0.2) is 0 Å². The molecule has 0 saturated heterocycles. The number of aromatic nitrogens is 1. The van der Waals surface area contributed by atoms with Gasteiger partial charge in [-0.05, 0) is 47.9 Å². The molecule has 4 nitrogen and oxygen atoms in total. The average Bonchev–Trinajstić information content (AvgIpc) is 3.15. The van der Waals surface area contributed by atoms with Crippen LogP contribution >= 0.6 is 0 Å². The summed E-state index contributed by atoms with van der Waals surface area (Å²) in [6.07, 6.45) is 3.41. The molecule has 0 spiro atoms.